The Labute approximate surface area is 169 Å². The zero-order valence-electron chi connectivity index (χ0n) is 16.1. The molecule has 0 radical (unpaired) electrons. The van der Waals surface area contributed by atoms with Crippen LogP contribution >= 0.6 is 11.3 Å². The van der Waals surface area contributed by atoms with E-state index in [0.717, 1.165) is 16.0 Å². The van der Waals surface area contributed by atoms with Gasteiger partial charge in [-0.25, -0.2) is 0 Å². The van der Waals surface area contributed by atoms with Crippen LogP contribution in [0.15, 0.2) is 48.0 Å². The molecule has 1 aromatic heterocycles. The molecule has 1 saturated heterocycles. The van der Waals surface area contributed by atoms with Gasteiger partial charge in [0.25, 0.3) is 0 Å². The summed E-state index contributed by atoms with van der Waals surface area (Å²) in [5.41, 5.74) is -0.0142. The lowest BCUT2D eigenvalue weighted by molar-refractivity contribution is -0.130. The zero-order valence-corrected chi connectivity index (χ0v) is 16.9. The summed E-state index contributed by atoms with van der Waals surface area (Å²) in [6.07, 6.45) is 3.88. The van der Waals surface area contributed by atoms with Crippen LogP contribution in [0.1, 0.15) is 48.7 Å². The second kappa shape index (κ2) is 6.33. The number of thiophene rings is 1. The van der Waals surface area contributed by atoms with Crippen molar-refractivity contribution in [3.8, 4) is 12.1 Å². The Balaban J connectivity index is 2.01. The Morgan fingerprint density at radius 2 is 1.86 bits per heavy atom. The van der Waals surface area contributed by atoms with Gasteiger partial charge in [0, 0.05) is 16.5 Å². The topological polar surface area (TPSA) is 67.9 Å². The normalized spacial score (nSPS) is 24.8. The maximum Gasteiger partial charge on any atom is 0.178 e. The van der Waals surface area contributed by atoms with Gasteiger partial charge in [-0.2, -0.15) is 10.5 Å². The third-order valence-electron chi connectivity index (χ3n) is 5.80. The van der Waals surface area contributed by atoms with E-state index in [1.165, 1.54) is 11.3 Å². The van der Waals surface area contributed by atoms with Crippen LogP contribution in [0.2, 0.25) is 0 Å². The van der Waals surface area contributed by atoms with Crippen LogP contribution in [0.25, 0.3) is 6.08 Å². The Kier molecular flexibility index (Phi) is 4.17. The molecule has 1 fully saturated rings. The average molecular weight is 388 g/mol. The van der Waals surface area contributed by atoms with Gasteiger partial charge in [0.1, 0.15) is 0 Å². The first-order chi connectivity index (χ1) is 13.3. The predicted molar refractivity (Wildman–Crippen MR) is 109 cm³/mol. The Bertz CT molecular complexity index is 1020. The number of rotatable bonds is 2. The monoisotopic (exact) mass is 387 g/mol. The molecule has 3 atom stereocenters. The fourth-order valence-corrected chi connectivity index (χ4v) is 5.45. The van der Waals surface area contributed by atoms with Gasteiger partial charge in [-0.05, 0) is 28.6 Å². The van der Waals surface area contributed by atoms with E-state index in [0.29, 0.717) is 0 Å². The Morgan fingerprint density at radius 1 is 1.14 bits per heavy atom. The van der Waals surface area contributed by atoms with Crippen molar-refractivity contribution in [2.24, 2.45) is 10.8 Å². The molecule has 0 saturated carbocycles. The largest absolute Gasteiger partial charge is 0.357 e. The standard InChI is InChI=1S/C23H21N3OS/c1-22(2,3)21(27)19-18(17-9-6-12-28-17)23(13-24,14-25)20-16-8-5-4-7-15(16)10-11-26(19)20/h4-12,18-20H,1-3H3/t18-,19+,20+/m1/s1. The van der Waals surface area contributed by atoms with Crippen molar-refractivity contribution in [3.05, 3.63) is 64.0 Å². The number of carbonyl (C=O) groups is 1. The smallest absolute Gasteiger partial charge is 0.178 e. The van der Waals surface area contributed by atoms with E-state index in [-0.39, 0.29) is 5.78 Å². The predicted octanol–water partition coefficient (Wildman–Crippen LogP) is 4.89. The van der Waals surface area contributed by atoms with Gasteiger partial charge < -0.3 is 4.90 Å². The number of fused-ring (bicyclic) bond motifs is 3. The maximum absolute atomic E-state index is 13.6. The fraction of sp³-hybridized carbons (Fsp3) is 0.348. The Morgan fingerprint density at radius 3 is 2.46 bits per heavy atom. The SMILES string of the molecule is CC(C)(C)C(=O)[C@@H]1[C@@H](c2cccs2)C(C#N)(C#N)[C@@H]2c3ccccc3C=CN12. The van der Waals surface area contributed by atoms with Gasteiger partial charge in [0.2, 0.25) is 0 Å². The van der Waals surface area contributed by atoms with E-state index in [9.17, 15) is 15.3 Å². The number of hydrogen-bond acceptors (Lipinski definition) is 5. The average Bonchev–Trinajstić information content (AvgIpc) is 3.30. The molecule has 2 aromatic rings. The molecule has 4 rings (SSSR count). The van der Waals surface area contributed by atoms with Gasteiger partial charge in [-0.1, -0.05) is 51.1 Å². The lowest BCUT2D eigenvalue weighted by Gasteiger charge is -2.36. The molecule has 0 N–H and O–H groups in total. The lowest BCUT2D eigenvalue weighted by Crippen LogP contribution is -2.43. The molecule has 4 nitrogen and oxygen atoms in total. The molecule has 0 amide bonds. The second-order valence-electron chi connectivity index (χ2n) is 8.44. The highest BCUT2D eigenvalue weighted by Gasteiger charge is 2.64. The van der Waals surface area contributed by atoms with Gasteiger partial charge in [0.05, 0.1) is 30.1 Å². The number of carbonyl (C=O) groups excluding carboxylic acids is 1. The molecule has 0 spiro atoms. The minimum absolute atomic E-state index is 0.0484. The van der Waals surface area contributed by atoms with E-state index in [2.05, 4.69) is 12.1 Å². The van der Waals surface area contributed by atoms with Gasteiger partial charge in [-0.3, -0.25) is 4.79 Å². The number of nitrogens with zero attached hydrogens (tertiary/aromatic N) is 3. The first kappa shape index (κ1) is 18.5. The summed E-state index contributed by atoms with van der Waals surface area (Å²) in [6.45, 7) is 5.70. The van der Waals surface area contributed by atoms with E-state index < -0.39 is 28.8 Å². The van der Waals surface area contributed by atoms with Crippen molar-refractivity contribution in [1.29, 1.82) is 10.5 Å². The summed E-state index contributed by atoms with van der Waals surface area (Å²) < 4.78 is 0. The van der Waals surface area contributed by atoms with Crippen molar-refractivity contribution in [2.75, 3.05) is 0 Å². The van der Waals surface area contributed by atoms with Gasteiger partial charge >= 0.3 is 0 Å². The van der Waals surface area contributed by atoms with Crippen LogP contribution < -0.4 is 0 Å². The minimum atomic E-state index is -1.35. The summed E-state index contributed by atoms with van der Waals surface area (Å²) in [7, 11) is 0. The van der Waals surface area contributed by atoms with Crippen molar-refractivity contribution in [2.45, 2.75) is 38.8 Å². The third kappa shape index (κ3) is 2.44. The number of hydrogen-bond donors (Lipinski definition) is 0. The van der Waals surface area contributed by atoms with E-state index in [1.807, 2.05) is 79.7 Å². The summed E-state index contributed by atoms with van der Waals surface area (Å²) in [5.74, 6) is -0.456. The van der Waals surface area contributed by atoms with Crippen molar-refractivity contribution < 1.29 is 4.79 Å². The van der Waals surface area contributed by atoms with Crippen LogP contribution in [0.3, 0.4) is 0 Å². The number of Topliss-reactive ketones (excluding diaryl/α,β-unsaturated/α-hetero) is 1. The maximum atomic E-state index is 13.6. The minimum Gasteiger partial charge on any atom is -0.357 e. The molecule has 3 heterocycles. The highest BCUT2D eigenvalue weighted by atomic mass is 32.1. The van der Waals surface area contributed by atoms with Crippen LogP contribution in [-0.2, 0) is 4.79 Å². The van der Waals surface area contributed by atoms with Crippen molar-refractivity contribution >= 4 is 23.2 Å². The molecule has 0 bridgehead atoms. The molecular formula is C23H21N3OS. The highest BCUT2D eigenvalue weighted by molar-refractivity contribution is 7.10. The molecule has 0 aliphatic carbocycles. The van der Waals surface area contributed by atoms with E-state index in [4.69, 9.17) is 0 Å². The molecular weight excluding hydrogens is 366 g/mol. The van der Waals surface area contributed by atoms with Crippen LogP contribution in [0, 0.1) is 33.5 Å². The second-order valence-corrected chi connectivity index (χ2v) is 9.42. The zero-order chi connectivity index (χ0) is 20.1. The summed E-state index contributed by atoms with van der Waals surface area (Å²) in [4.78, 5) is 16.4. The molecule has 1 aromatic carbocycles. The summed E-state index contributed by atoms with van der Waals surface area (Å²) in [6, 6.07) is 15.4. The fourth-order valence-electron chi connectivity index (χ4n) is 4.51. The van der Waals surface area contributed by atoms with E-state index >= 15 is 0 Å². The lowest BCUT2D eigenvalue weighted by atomic mass is 9.68. The van der Waals surface area contributed by atoms with E-state index in [1.54, 1.807) is 0 Å². The molecule has 5 heteroatoms. The summed E-state index contributed by atoms with van der Waals surface area (Å²) >= 11 is 1.51. The number of nitriles is 2. The number of ketones is 1. The molecule has 2 aliphatic rings. The van der Waals surface area contributed by atoms with Crippen LogP contribution in [0.5, 0.6) is 0 Å². The van der Waals surface area contributed by atoms with Crippen LogP contribution in [0.4, 0.5) is 0 Å². The molecule has 28 heavy (non-hydrogen) atoms. The third-order valence-corrected chi connectivity index (χ3v) is 6.76. The van der Waals surface area contributed by atoms with Crippen molar-refractivity contribution in [3.63, 3.8) is 0 Å². The van der Waals surface area contributed by atoms with Crippen molar-refractivity contribution in [1.82, 2.24) is 4.90 Å². The highest BCUT2D eigenvalue weighted by Crippen LogP contribution is 2.60. The quantitative estimate of drug-likeness (QED) is 0.736. The number of benzene rings is 1. The Hall–Kier alpha value is -2.89. The van der Waals surface area contributed by atoms with Crippen LogP contribution in [-0.4, -0.2) is 16.7 Å². The first-order valence-electron chi connectivity index (χ1n) is 9.30. The van der Waals surface area contributed by atoms with Gasteiger partial charge in [0.15, 0.2) is 11.2 Å². The molecule has 0 unspecified atom stereocenters. The summed E-state index contributed by atoms with van der Waals surface area (Å²) in [5, 5.41) is 22.6. The molecule has 140 valence electrons. The first-order valence-corrected chi connectivity index (χ1v) is 10.2. The van der Waals surface area contributed by atoms with Gasteiger partial charge in [-0.15, -0.1) is 11.3 Å². The molecule has 2 aliphatic heterocycles.